The number of alkyl carbamates (subject to hydrolysis) is 1. The molecule has 8 heteroatoms. The number of carbonyl (C=O) groups is 1. The normalized spacial score (nSPS) is 17.1. The highest BCUT2D eigenvalue weighted by Crippen LogP contribution is 2.28. The van der Waals surface area contributed by atoms with E-state index in [0.29, 0.717) is 16.3 Å². The van der Waals surface area contributed by atoms with Crippen molar-refractivity contribution < 1.29 is 24.1 Å². The number of hydrogen-bond acceptors (Lipinski definition) is 7. The summed E-state index contributed by atoms with van der Waals surface area (Å²) < 4.78 is 18.5. The molecular weight excluding hydrogens is 454 g/mol. The number of amides is 1. The zero-order valence-electron chi connectivity index (χ0n) is 19.8. The minimum absolute atomic E-state index is 0.0570. The Morgan fingerprint density at radius 1 is 1.09 bits per heavy atom. The maximum Gasteiger partial charge on any atom is 0.409 e. The highest BCUT2D eigenvalue weighted by Gasteiger charge is 2.41. The average molecular weight is 482 g/mol. The second-order valence-corrected chi connectivity index (χ2v) is 10.8. The predicted octanol–water partition coefficient (Wildman–Crippen LogP) is 4.52. The van der Waals surface area contributed by atoms with Crippen LogP contribution >= 0.6 is 11.3 Å². The van der Waals surface area contributed by atoms with Gasteiger partial charge in [-0.2, -0.15) is 0 Å². The SMILES string of the molecule is CC(C)(C)OC(=O)NC1(C#Cc2ccc3c(=O)c4cc(O)ccc4sc3c2)COC(C)(C)OC1. The van der Waals surface area contributed by atoms with Crippen LogP contribution in [0, 0.1) is 11.8 Å². The van der Waals surface area contributed by atoms with Crippen molar-refractivity contribution in [2.75, 3.05) is 13.2 Å². The molecule has 1 aliphatic rings. The van der Waals surface area contributed by atoms with E-state index in [1.807, 2.05) is 6.07 Å². The molecular formula is C26H27NO6S. The molecule has 2 aromatic carbocycles. The van der Waals surface area contributed by atoms with Crippen LogP contribution in [0.15, 0.2) is 41.2 Å². The van der Waals surface area contributed by atoms with Crippen LogP contribution in [0.3, 0.4) is 0 Å². The van der Waals surface area contributed by atoms with Gasteiger partial charge in [0.05, 0.1) is 13.2 Å². The highest BCUT2D eigenvalue weighted by molar-refractivity contribution is 7.24. The Balaban J connectivity index is 1.69. The largest absolute Gasteiger partial charge is 0.508 e. The number of aromatic hydroxyl groups is 1. The van der Waals surface area contributed by atoms with Crippen LogP contribution in [0.5, 0.6) is 5.75 Å². The Morgan fingerprint density at radius 3 is 2.47 bits per heavy atom. The van der Waals surface area contributed by atoms with Crippen molar-refractivity contribution in [1.29, 1.82) is 0 Å². The van der Waals surface area contributed by atoms with Gasteiger partial charge in [-0.1, -0.05) is 11.8 Å². The third-order valence-electron chi connectivity index (χ3n) is 5.17. The Morgan fingerprint density at radius 2 is 1.79 bits per heavy atom. The van der Waals surface area contributed by atoms with Crippen LogP contribution in [-0.4, -0.2) is 41.3 Å². The van der Waals surface area contributed by atoms with Crippen molar-refractivity contribution in [2.45, 2.75) is 51.5 Å². The van der Waals surface area contributed by atoms with Gasteiger partial charge in [-0.25, -0.2) is 4.79 Å². The molecule has 2 heterocycles. The van der Waals surface area contributed by atoms with E-state index in [9.17, 15) is 14.7 Å². The minimum Gasteiger partial charge on any atom is -0.508 e. The number of phenolic OH excluding ortho intramolecular Hbond substituents is 1. The molecule has 2 N–H and O–H groups in total. The molecule has 178 valence electrons. The van der Waals surface area contributed by atoms with Gasteiger partial charge >= 0.3 is 6.09 Å². The predicted molar refractivity (Wildman–Crippen MR) is 132 cm³/mol. The Labute approximate surface area is 201 Å². The summed E-state index contributed by atoms with van der Waals surface area (Å²) in [5, 5.41) is 13.6. The van der Waals surface area contributed by atoms with Crippen molar-refractivity contribution >= 4 is 37.6 Å². The summed E-state index contributed by atoms with van der Waals surface area (Å²) in [6.45, 7) is 9.21. The number of phenols is 1. The van der Waals surface area contributed by atoms with Gasteiger partial charge < -0.3 is 24.6 Å². The maximum atomic E-state index is 12.9. The number of rotatable bonds is 1. The minimum atomic E-state index is -1.10. The first-order valence-electron chi connectivity index (χ1n) is 10.9. The number of hydrogen-bond donors (Lipinski definition) is 2. The molecule has 0 spiro atoms. The van der Waals surface area contributed by atoms with Crippen molar-refractivity contribution in [1.82, 2.24) is 5.32 Å². The standard InChI is InChI=1S/C26H27NO6S/c1-24(2,3)33-23(30)27-26(14-31-25(4,5)32-15-26)11-10-16-6-8-18-21(12-16)34-20-9-7-17(28)13-19(20)22(18)29/h6-9,12-13,28H,14-15H2,1-5H3,(H,27,30). The Bertz CT molecular complexity index is 1380. The van der Waals surface area contributed by atoms with E-state index in [1.165, 1.54) is 17.4 Å². The third-order valence-corrected chi connectivity index (χ3v) is 6.31. The Hall–Kier alpha value is -3.12. The lowest BCUT2D eigenvalue weighted by atomic mass is 10.00. The summed E-state index contributed by atoms with van der Waals surface area (Å²) in [6.07, 6.45) is -0.611. The third kappa shape index (κ3) is 5.33. The number of nitrogens with one attached hydrogen (secondary N) is 1. The van der Waals surface area contributed by atoms with Crippen LogP contribution < -0.4 is 10.7 Å². The molecule has 4 rings (SSSR count). The molecule has 0 radical (unpaired) electrons. The van der Waals surface area contributed by atoms with Gasteiger partial charge in [-0.05, 0) is 71.0 Å². The number of fused-ring (bicyclic) bond motifs is 2. The monoisotopic (exact) mass is 481 g/mol. The van der Waals surface area contributed by atoms with Crippen molar-refractivity contribution in [2.24, 2.45) is 0 Å². The fraction of sp³-hybridized carbons (Fsp3) is 0.385. The summed E-state index contributed by atoms with van der Waals surface area (Å²) in [4.78, 5) is 25.4. The quantitative estimate of drug-likeness (QED) is 0.392. The lowest BCUT2D eigenvalue weighted by Crippen LogP contribution is -2.60. The number of benzene rings is 2. The van der Waals surface area contributed by atoms with E-state index in [2.05, 4.69) is 17.2 Å². The molecule has 0 bridgehead atoms. The van der Waals surface area contributed by atoms with Crippen LogP contribution in [0.4, 0.5) is 4.79 Å². The first-order valence-corrected chi connectivity index (χ1v) is 11.7. The molecule has 1 aliphatic heterocycles. The zero-order valence-corrected chi connectivity index (χ0v) is 20.6. The van der Waals surface area contributed by atoms with E-state index in [1.54, 1.807) is 58.9 Å². The van der Waals surface area contributed by atoms with Crippen LogP contribution in [0.2, 0.25) is 0 Å². The van der Waals surface area contributed by atoms with Gasteiger partial charge in [0.2, 0.25) is 0 Å². The van der Waals surface area contributed by atoms with Gasteiger partial charge in [0.1, 0.15) is 11.4 Å². The molecule has 0 aliphatic carbocycles. The Kier molecular flexibility index (Phi) is 6.06. The molecule has 0 saturated carbocycles. The fourth-order valence-corrected chi connectivity index (χ4v) is 4.55. The fourth-order valence-electron chi connectivity index (χ4n) is 3.46. The second kappa shape index (κ2) is 8.58. The summed E-state index contributed by atoms with van der Waals surface area (Å²) in [7, 11) is 0. The van der Waals surface area contributed by atoms with Gasteiger partial charge in [0.15, 0.2) is 16.8 Å². The van der Waals surface area contributed by atoms with Crippen LogP contribution in [-0.2, 0) is 14.2 Å². The summed E-state index contributed by atoms with van der Waals surface area (Å²) >= 11 is 1.45. The number of carbonyl (C=O) groups excluding carboxylic acids is 1. The molecule has 1 saturated heterocycles. The molecule has 0 unspecified atom stereocenters. The molecule has 3 aromatic rings. The van der Waals surface area contributed by atoms with Crippen LogP contribution in [0.25, 0.3) is 20.2 Å². The van der Waals surface area contributed by atoms with E-state index >= 15 is 0 Å². The number of ether oxygens (including phenoxy) is 3. The lowest BCUT2D eigenvalue weighted by Gasteiger charge is -2.41. The molecule has 1 aromatic heterocycles. The smallest absolute Gasteiger partial charge is 0.409 e. The molecule has 34 heavy (non-hydrogen) atoms. The molecule has 7 nitrogen and oxygen atoms in total. The van der Waals surface area contributed by atoms with Crippen molar-refractivity contribution in [3.63, 3.8) is 0 Å². The van der Waals surface area contributed by atoms with Gasteiger partial charge in [0.25, 0.3) is 0 Å². The van der Waals surface area contributed by atoms with Crippen molar-refractivity contribution in [3.05, 3.63) is 52.2 Å². The topological polar surface area (TPSA) is 94.1 Å². The lowest BCUT2D eigenvalue weighted by molar-refractivity contribution is -0.262. The first kappa shape index (κ1) is 24.0. The van der Waals surface area contributed by atoms with E-state index < -0.39 is 23.0 Å². The van der Waals surface area contributed by atoms with Crippen LogP contribution in [0.1, 0.15) is 40.2 Å². The summed E-state index contributed by atoms with van der Waals surface area (Å²) in [5.41, 5.74) is -1.22. The first-order chi connectivity index (χ1) is 15.8. The zero-order chi connectivity index (χ0) is 24.7. The molecule has 0 atom stereocenters. The maximum absolute atomic E-state index is 12.9. The summed E-state index contributed by atoms with van der Waals surface area (Å²) in [6, 6.07) is 10.1. The summed E-state index contributed by atoms with van der Waals surface area (Å²) in [5.74, 6) is 5.49. The van der Waals surface area contributed by atoms with E-state index in [-0.39, 0.29) is 24.4 Å². The van der Waals surface area contributed by atoms with Gasteiger partial charge in [-0.3, -0.25) is 4.79 Å². The van der Waals surface area contributed by atoms with E-state index in [0.717, 1.165) is 9.40 Å². The van der Waals surface area contributed by atoms with Gasteiger partial charge in [-0.15, -0.1) is 11.3 Å². The van der Waals surface area contributed by atoms with Gasteiger partial charge in [0, 0.05) is 25.7 Å². The highest BCUT2D eigenvalue weighted by atomic mass is 32.1. The van der Waals surface area contributed by atoms with E-state index in [4.69, 9.17) is 14.2 Å². The second-order valence-electron chi connectivity index (χ2n) is 9.76. The van der Waals surface area contributed by atoms with Crippen molar-refractivity contribution in [3.8, 4) is 17.6 Å². The average Bonchev–Trinajstić information content (AvgIpc) is 2.74. The molecule has 1 amide bonds. The molecule has 1 fully saturated rings.